The Morgan fingerprint density at radius 3 is 3.00 bits per heavy atom. The maximum Gasteiger partial charge on any atom is 0.253 e. The molecule has 22 heavy (non-hydrogen) atoms. The number of anilines is 2. The van der Waals surface area contributed by atoms with Crippen LogP contribution in [0.5, 0.6) is 0 Å². The number of aromatic nitrogens is 1. The second-order valence-electron chi connectivity index (χ2n) is 5.26. The number of nitrogens with zero attached hydrogens (tertiary/aromatic N) is 1. The number of amides is 1. The number of benzene rings is 1. The van der Waals surface area contributed by atoms with Gasteiger partial charge in [-0.15, -0.1) is 0 Å². The van der Waals surface area contributed by atoms with Crippen LogP contribution < -0.4 is 10.6 Å². The van der Waals surface area contributed by atoms with E-state index in [0.29, 0.717) is 13.2 Å². The van der Waals surface area contributed by atoms with E-state index in [-0.39, 0.29) is 12.0 Å². The molecule has 0 saturated carbocycles. The molecule has 1 atom stereocenters. The van der Waals surface area contributed by atoms with E-state index < -0.39 is 0 Å². The van der Waals surface area contributed by atoms with E-state index in [2.05, 4.69) is 15.6 Å². The second kappa shape index (κ2) is 7.04. The lowest BCUT2D eigenvalue weighted by Gasteiger charge is -2.12. The third kappa shape index (κ3) is 3.83. The predicted octanol–water partition coefficient (Wildman–Crippen LogP) is 2.81. The minimum Gasteiger partial charge on any atom is -0.368 e. The van der Waals surface area contributed by atoms with Gasteiger partial charge in [0.15, 0.2) is 0 Å². The van der Waals surface area contributed by atoms with Gasteiger partial charge in [-0.05, 0) is 42.7 Å². The Morgan fingerprint density at radius 2 is 2.23 bits per heavy atom. The highest BCUT2D eigenvalue weighted by molar-refractivity contribution is 5.94. The fourth-order valence-corrected chi connectivity index (χ4v) is 2.43. The largest absolute Gasteiger partial charge is 0.368 e. The molecule has 3 rings (SSSR count). The van der Waals surface area contributed by atoms with E-state index in [0.717, 1.165) is 29.9 Å². The van der Waals surface area contributed by atoms with Gasteiger partial charge < -0.3 is 15.4 Å². The Hall–Kier alpha value is -2.40. The number of hydrogen-bond acceptors (Lipinski definition) is 4. The van der Waals surface area contributed by atoms with E-state index >= 15 is 0 Å². The first-order valence-corrected chi connectivity index (χ1v) is 7.47. The normalized spacial score (nSPS) is 17.2. The van der Waals surface area contributed by atoms with Gasteiger partial charge in [-0.2, -0.15) is 0 Å². The molecule has 1 aromatic carbocycles. The van der Waals surface area contributed by atoms with Crippen LogP contribution in [-0.2, 0) is 16.1 Å². The highest BCUT2D eigenvalue weighted by Crippen LogP contribution is 2.16. The van der Waals surface area contributed by atoms with Crippen molar-refractivity contribution in [3.8, 4) is 0 Å². The van der Waals surface area contributed by atoms with Gasteiger partial charge in [-0.25, -0.2) is 4.98 Å². The molecule has 1 aliphatic rings. The molecule has 0 radical (unpaired) electrons. The van der Waals surface area contributed by atoms with Crippen LogP contribution in [-0.4, -0.2) is 23.6 Å². The van der Waals surface area contributed by atoms with Gasteiger partial charge in [0.25, 0.3) is 5.91 Å². The van der Waals surface area contributed by atoms with Crippen molar-refractivity contribution in [2.45, 2.75) is 25.5 Å². The zero-order chi connectivity index (χ0) is 15.2. The van der Waals surface area contributed by atoms with Crippen molar-refractivity contribution in [1.82, 2.24) is 4.98 Å². The number of carbonyl (C=O) groups is 1. The number of hydrogen-bond donors (Lipinski definition) is 2. The molecule has 0 bridgehead atoms. The van der Waals surface area contributed by atoms with Gasteiger partial charge in [0.2, 0.25) is 0 Å². The summed E-state index contributed by atoms with van der Waals surface area (Å²) in [5.41, 5.74) is 1.87. The van der Waals surface area contributed by atoms with Crippen molar-refractivity contribution in [3.05, 3.63) is 54.2 Å². The summed E-state index contributed by atoms with van der Waals surface area (Å²) in [5.74, 6) is 0.767. The minimum absolute atomic E-state index is 0.0627. The molecule has 5 nitrogen and oxygen atoms in total. The summed E-state index contributed by atoms with van der Waals surface area (Å²) in [7, 11) is 0. The van der Waals surface area contributed by atoms with Crippen LogP contribution in [0.1, 0.15) is 18.4 Å². The first-order valence-electron chi connectivity index (χ1n) is 7.47. The Labute approximate surface area is 129 Å². The van der Waals surface area contributed by atoms with Gasteiger partial charge in [0.1, 0.15) is 11.9 Å². The third-order valence-corrected chi connectivity index (χ3v) is 3.56. The van der Waals surface area contributed by atoms with Gasteiger partial charge in [0, 0.05) is 25.0 Å². The number of pyridine rings is 1. The second-order valence-corrected chi connectivity index (χ2v) is 5.26. The quantitative estimate of drug-likeness (QED) is 0.891. The lowest BCUT2D eigenvalue weighted by Crippen LogP contribution is -2.26. The fourth-order valence-electron chi connectivity index (χ4n) is 2.43. The van der Waals surface area contributed by atoms with E-state index in [4.69, 9.17) is 4.74 Å². The van der Waals surface area contributed by atoms with Gasteiger partial charge in [-0.1, -0.05) is 18.2 Å². The highest BCUT2D eigenvalue weighted by Gasteiger charge is 2.23. The standard InChI is InChI=1S/C17H19N3O2/c21-17(15-7-4-10-22-15)20-14-6-3-5-13(11-14)12-19-16-8-1-2-9-18-16/h1-3,5-6,8-9,11,15H,4,7,10,12H2,(H,18,19)(H,20,21). The molecule has 0 spiro atoms. The Morgan fingerprint density at radius 1 is 1.27 bits per heavy atom. The van der Waals surface area contributed by atoms with Crippen molar-refractivity contribution >= 4 is 17.4 Å². The summed E-state index contributed by atoms with van der Waals surface area (Å²) in [4.78, 5) is 16.3. The van der Waals surface area contributed by atoms with E-state index in [1.54, 1.807) is 6.20 Å². The first kappa shape index (κ1) is 14.5. The maximum atomic E-state index is 12.0. The molecule has 1 aromatic heterocycles. The van der Waals surface area contributed by atoms with Crippen LogP contribution in [0, 0.1) is 0 Å². The average Bonchev–Trinajstić information content (AvgIpc) is 3.09. The highest BCUT2D eigenvalue weighted by atomic mass is 16.5. The van der Waals surface area contributed by atoms with Crippen LogP contribution in [0.25, 0.3) is 0 Å². The number of rotatable bonds is 5. The molecule has 1 saturated heterocycles. The van der Waals surface area contributed by atoms with Crippen molar-refractivity contribution in [2.24, 2.45) is 0 Å². The number of carbonyl (C=O) groups excluding carboxylic acids is 1. The summed E-state index contributed by atoms with van der Waals surface area (Å²) in [6.45, 7) is 1.33. The van der Waals surface area contributed by atoms with Crippen LogP contribution in [0.4, 0.5) is 11.5 Å². The summed E-state index contributed by atoms with van der Waals surface area (Å²) in [6.07, 6.45) is 3.19. The Balaban J connectivity index is 1.58. The smallest absolute Gasteiger partial charge is 0.253 e. The lowest BCUT2D eigenvalue weighted by molar-refractivity contribution is -0.124. The summed E-state index contributed by atoms with van der Waals surface area (Å²) >= 11 is 0. The van der Waals surface area contributed by atoms with E-state index in [1.165, 1.54) is 0 Å². The maximum absolute atomic E-state index is 12.0. The SMILES string of the molecule is O=C(Nc1cccc(CNc2ccccn2)c1)C1CCCO1. The zero-order valence-corrected chi connectivity index (χ0v) is 12.3. The van der Waals surface area contributed by atoms with Crippen LogP contribution in [0.2, 0.25) is 0 Å². The molecule has 2 heterocycles. The lowest BCUT2D eigenvalue weighted by atomic mass is 10.2. The zero-order valence-electron chi connectivity index (χ0n) is 12.3. The number of ether oxygens (including phenoxy) is 1. The van der Waals surface area contributed by atoms with Crippen LogP contribution >= 0.6 is 0 Å². The molecular formula is C17H19N3O2. The topological polar surface area (TPSA) is 63.2 Å². The first-order chi connectivity index (χ1) is 10.8. The van der Waals surface area contributed by atoms with Crippen molar-refractivity contribution in [2.75, 3.05) is 17.2 Å². The van der Waals surface area contributed by atoms with Gasteiger partial charge >= 0.3 is 0 Å². The molecule has 1 unspecified atom stereocenters. The van der Waals surface area contributed by atoms with Crippen molar-refractivity contribution in [1.29, 1.82) is 0 Å². The predicted molar refractivity (Wildman–Crippen MR) is 85.6 cm³/mol. The molecule has 1 amide bonds. The fraction of sp³-hybridized carbons (Fsp3) is 0.294. The van der Waals surface area contributed by atoms with Gasteiger partial charge in [0.05, 0.1) is 0 Å². The number of nitrogens with one attached hydrogen (secondary N) is 2. The average molecular weight is 297 g/mol. The summed E-state index contributed by atoms with van der Waals surface area (Å²) in [6, 6.07) is 13.5. The van der Waals surface area contributed by atoms with Crippen LogP contribution in [0.3, 0.4) is 0 Å². The summed E-state index contributed by atoms with van der Waals surface area (Å²) in [5, 5.41) is 6.16. The molecule has 1 aliphatic heterocycles. The summed E-state index contributed by atoms with van der Waals surface area (Å²) < 4.78 is 5.39. The van der Waals surface area contributed by atoms with Gasteiger partial charge in [-0.3, -0.25) is 4.79 Å². The molecular weight excluding hydrogens is 278 g/mol. The molecule has 5 heteroatoms. The van der Waals surface area contributed by atoms with E-state index in [1.807, 2.05) is 42.5 Å². The molecule has 2 aromatic rings. The monoisotopic (exact) mass is 297 g/mol. The Kier molecular flexibility index (Phi) is 4.65. The molecule has 0 aliphatic carbocycles. The van der Waals surface area contributed by atoms with Crippen molar-refractivity contribution in [3.63, 3.8) is 0 Å². The Bertz CT molecular complexity index is 625. The van der Waals surface area contributed by atoms with Crippen molar-refractivity contribution < 1.29 is 9.53 Å². The molecule has 2 N–H and O–H groups in total. The molecule has 114 valence electrons. The minimum atomic E-state index is -0.310. The third-order valence-electron chi connectivity index (χ3n) is 3.56. The van der Waals surface area contributed by atoms with E-state index in [9.17, 15) is 4.79 Å². The van der Waals surface area contributed by atoms with Crippen LogP contribution in [0.15, 0.2) is 48.7 Å². The molecule has 1 fully saturated rings.